The third kappa shape index (κ3) is 4.74. The van der Waals surface area contributed by atoms with Gasteiger partial charge in [0.2, 0.25) is 11.7 Å². The Hall–Kier alpha value is -3.21. The highest BCUT2D eigenvalue weighted by Gasteiger charge is 2.47. The summed E-state index contributed by atoms with van der Waals surface area (Å²) < 4.78 is 32.6. The number of ether oxygens (including phenoxy) is 5. The van der Waals surface area contributed by atoms with Crippen molar-refractivity contribution in [3.8, 4) is 23.0 Å². The summed E-state index contributed by atoms with van der Waals surface area (Å²) in [4.78, 5) is 13.1. The molecule has 2 aliphatic heterocycles. The van der Waals surface area contributed by atoms with Gasteiger partial charge in [-0.1, -0.05) is 0 Å². The smallest absolute Gasteiger partial charge is 0.229 e. The van der Waals surface area contributed by atoms with Gasteiger partial charge < -0.3 is 63.8 Å². The Balaban J connectivity index is 1.36. The number of aliphatic hydroxyl groups is 5. The van der Waals surface area contributed by atoms with Crippen molar-refractivity contribution in [2.45, 2.75) is 62.2 Å². The van der Waals surface area contributed by atoms with Crippen molar-refractivity contribution < 1.29 is 63.8 Å². The molecule has 14 nitrogen and oxygen atoms in total. The first-order chi connectivity index (χ1) is 18.5. The van der Waals surface area contributed by atoms with Gasteiger partial charge in [-0.05, 0) is 19.1 Å². The molecular formula is C25H28O14. The molecule has 5 rings (SSSR count). The molecule has 212 valence electrons. The highest BCUT2D eigenvalue weighted by Crippen LogP contribution is 2.38. The fraction of sp³-hybridized carbons (Fsp3) is 0.480. The van der Waals surface area contributed by atoms with Crippen LogP contribution in [0.2, 0.25) is 0 Å². The molecule has 2 saturated heterocycles. The number of fused-ring (bicyclic) bond motifs is 2. The molecule has 0 saturated carbocycles. The van der Waals surface area contributed by atoms with Crippen molar-refractivity contribution >= 4 is 21.9 Å². The van der Waals surface area contributed by atoms with Crippen LogP contribution < -0.4 is 14.9 Å². The molecule has 14 heteroatoms. The van der Waals surface area contributed by atoms with Crippen molar-refractivity contribution in [1.29, 1.82) is 0 Å². The summed E-state index contributed by atoms with van der Waals surface area (Å²) in [6.07, 6.45) is -12.9. The van der Waals surface area contributed by atoms with E-state index in [1.165, 1.54) is 38.3 Å². The second kappa shape index (κ2) is 10.4. The number of methoxy groups -OCH3 is 1. The van der Waals surface area contributed by atoms with Gasteiger partial charge in [0, 0.05) is 12.1 Å². The van der Waals surface area contributed by atoms with Gasteiger partial charge in [-0.2, -0.15) is 0 Å². The van der Waals surface area contributed by atoms with E-state index in [0.717, 1.165) is 0 Å². The Bertz CT molecular complexity index is 1420. The fourth-order valence-electron chi connectivity index (χ4n) is 4.61. The largest absolute Gasteiger partial charge is 0.507 e. The minimum Gasteiger partial charge on any atom is -0.507 e. The summed E-state index contributed by atoms with van der Waals surface area (Å²) >= 11 is 0. The zero-order chi connectivity index (χ0) is 28.2. The van der Waals surface area contributed by atoms with Crippen molar-refractivity contribution in [2.24, 2.45) is 0 Å². The first-order valence-corrected chi connectivity index (χ1v) is 12.0. The van der Waals surface area contributed by atoms with E-state index in [1.807, 2.05) is 0 Å². The van der Waals surface area contributed by atoms with Gasteiger partial charge in [0.25, 0.3) is 0 Å². The van der Waals surface area contributed by atoms with E-state index in [-0.39, 0.29) is 40.0 Å². The van der Waals surface area contributed by atoms with Gasteiger partial charge in [-0.15, -0.1) is 0 Å². The lowest BCUT2D eigenvalue weighted by Gasteiger charge is -2.43. The summed E-state index contributed by atoms with van der Waals surface area (Å²) in [5, 5.41) is 71.8. The molecule has 0 amide bonds. The number of aromatic hydroxyl groups is 2. The second-order valence-electron chi connectivity index (χ2n) is 9.39. The number of phenolic OH excluding ortho intramolecular Hbond substituents is 2. The quantitative estimate of drug-likeness (QED) is 0.190. The minimum atomic E-state index is -1.72. The Kier molecular flexibility index (Phi) is 7.30. The van der Waals surface area contributed by atoms with E-state index in [0.29, 0.717) is 0 Å². The predicted molar refractivity (Wildman–Crippen MR) is 129 cm³/mol. The highest BCUT2D eigenvalue weighted by atomic mass is 16.7. The molecule has 9 atom stereocenters. The van der Waals surface area contributed by atoms with Crippen molar-refractivity contribution in [1.82, 2.24) is 0 Å². The molecule has 0 radical (unpaired) electrons. The number of aliphatic hydroxyl groups excluding tert-OH is 5. The zero-order valence-corrected chi connectivity index (χ0v) is 20.7. The molecule has 3 aromatic rings. The molecule has 0 unspecified atom stereocenters. The normalized spacial score (nSPS) is 33.4. The Morgan fingerprint density at radius 3 is 2.31 bits per heavy atom. The average molecular weight is 552 g/mol. The lowest BCUT2D eigenvalue weighted by molar-refractivity contribution is -0.333. The van der Waals surface area contributed by atoms with E-state index in [1.54, 1.807) is 0 Å². The summed E-state index contributed by atoms with van der Waals surface area (Å²) in [5.74, 6) is -1.10. The van der Waals surface area contributed by atoms with Crippen LogP contribution >= 0.6 is 0 Å². The Morgan fingerprint density at radius 2 is 1.59 bits per heavy atom. The Morgan fingerprint density at radius 1 is 0.872 bits per heavy atom. The maximum Gasteiger partial charge on any atom is 0.229 e. The number of hydrogen-bond donors (Lipinski definition) is 7. The van der Waals surface area contributed by atoms with Crippen molar-refractivity contribution in [3.63, 3.8) is 0 Å². The molecule has 2 aliphatic rings. The molecule has 7 N–H and O–H groups in total. The molecule has 2 aromatic carbocycles. The van der Waals surface area contributed by atoms with Crippen LogP contribution in [0.1, 0.15) is 6.92 Å². The third-order valence-corrected chi connectivity index (χ3v) is 6.86. The van der Waals surface area contributed by atoms with Crippen molar-refractivity contribution in [2.75, 3.05) is 13.7 Å². The number of benzene rings is 2. The molecule has 39 heavy (non-hydrogen) atoms. The topological polar surface area (TPSA) is 218 Å². The van der Waals surface area contributed by atoms with Gasteiger partial charge in [-0.3, -0.25) is 4.79 Å². The van der Waals surface area contributed by atoms with Crippen molar-refractivity contribution in [3.05, 3.63) is 34.5 Å². The van der Waals surface area contributed by atoms with Gasteiger partial charge in [-0.25, -0.2) is 0 Å². The molecule has 3 heterocycles. The van der Waals surface area contributed by atoms with Crippen LogP contribution in [0.4, 0.5) is 0 Å². The van der Waals surface area contributed by atoms with Crippen LogP contribution in [-0.4, -0.2) is 105 Å². The standard InChI is InChI=1S/C25H28O14/c1-8-17(27)21(31)23(33)25(36-8)39-14-7-35-24(22(32)19(14)29)38-12-4-3-11-16(18(12)28)20(30)15-10(26)5-9(34-2)6-13(15)37-11/h3-6,8,14,17,19,21-29,31-33H,7H2,1-2H3/t8-,14-,17-,19+,21+,22+,23+,24+,25+/m0/s1. The first-order valence-electron chi connectivity index (χ1n) is 12.0. The molecule has 0 spiro atoms. The van der Waals surface area contributed by atoms with Crippen LogP contribution in [0.3, 0.4) is 0 Å². The van der Waals surface area contributed by atoms with E-state index in [2.05, 4.69) is 0 Å². The highest BCUT2D eigenvalue weighted by molar-refractivity contribution is 5.97. The van der Waals surface area contributed by atoms with E-state index >= 15 is 0 Å². The second-order valence-corrected chi connectivity index (χ2v) is 9.39. The monoisotopic (exact) mass is 552 g/mol. The maximum absolute atomic E-state index is 13.1. The predicted octanol–water partition coefficient (Wildman–Crippen LogP) is -0.964. The van der Waals surface area contributed by atoms with Gasteiger partial charge >= 0.3 is 0 Å². The molecule has 2 fully saturated rings. The van der Waals surface area contributed by atoms with Crippen LogP contribution in [0, 0.1) is 0 Å². The number of hydrogen-bond acceptors (Lipinski definition) is 14. The number of rotatable bonds is 5. The molecule has 0 aliphatic carbocycles. The van der Waals surface area contributed by atoms with Crippen LogP contribution in [-0.2, 0) is 14.2 Å². The van der Waals surface area contributed by atoms with E-state index in [4.69, 9.17) is 28.1 Å². The lowest BCUT2D eigenvalue weighted by Crippen LogP contribution is -2.61. The van der Waals surface area contributed by atoms with Gasteiger partial charge in [0.1, 0.15) is 70.1 Å². The average Bonchev–Trinajstić information content (AvgIpc) is 2.90. The zero-order valence-electron chi connectivity index (χ0n) is 20.7. The van der Waals surface area contributed by atoms with Gasteiger partial charge in [0.05, 0.1) is 19.8 Å². The minimum absolute atomic E-state index is 0.0174. The van der Waals surface area contributed by atoms with E-state index < -0.39 is 72.2 Å². The van der Waals surface area contributed by atoms with Crippen LogP contribution in [0.25, 0.3) is 21.9 Å². The summed E-state index contributed by atoms with van der Waals surface area (Å²) in [6, 6.07) is 5.22. The summed E-state index contributed by atoms with van der Waals surface area (Å²) in [5.41, 5.74) is -0.738. The maximum atomic E-state index is 13.1. The van der Waals surface area contributed by atoms with Gasteiger partial charge in [0.15, 0.2) is 17.8 Å². The first kappa shape index (κ1) is 27.4. The molecule has 0 bridgehead atoms. The Labute approximate surface area is 219 Å². The molecule has 1 aromatic heterocycles. The molecular weight excluding hydrogens is 524 g/mol. The fourth-order valence-corrected chi connectivity index (χ4v) is 4.61. The van der Waals surface area contributed by atoms with Crippen LogP contribution in [0.5, 0.6) is 23.0 Å². The third-order valence-electron chi connectivity index (χ3n) is 6.86. The summed E-state index contributed by atoms with van der Waals surface area (Å²) in [7, 11) is 1.38. The SMILES string of the molecule is COc1cc(O)c2c(=O)c3c(O)c(O[C@H]4OC[C@H](O[C@H]5O[C@@H](C)[C@H](O)[C@@H](O)[C@H]5O)[C@@H](O)[C@H]4O)ccc3oc2c1. The van der Waals surface area contributed by atoms with E-state index in [9.17, 15) is 40.5 Å². The number of phenols is 2. The summed E-state index contributed by atoms with van der Waals surface area (Å²) in [6.45, 7) is 1.10. The van der Waals surface area contributed by atoms with Crippen LogP contribution in [0.15, 0.2) is 33.5 Å². The lowest BCUT2D eigenvalue weighted by atomic mass is 9.99.